The van der Waals surface area contributed by atoms with Crippen LogP contribution in [0.1, 0.15) is 22.7 Å². The summed E-state index contributed by atoms with van der Waals surface area (Å²) in [5, 5.41) is 2.11. The van der Waals surface area contributed by atoms with Crippen LogP contribution in [0.3, 0.4) is 0 Å². The Hall–Kier alpha value is -2.26. The second kappa shape index (κ2) is 5.26. The third-order valence-corrected chi connectivity index (χ3v) is 3.77. The molecule has 0 aliphatic heterocycles. The minimum Gasteiger partial charge on any atom is -0.320 e. The van der Waals surface area contributed by atoms with Gasteiger partial charge in [0.05, 0.1) is 6.04 Å². The SMILES string of the molecule is Cc1ccc(C(N)c2ccc3ccccc3c2)c(F)c1F. The topological polar surface area (TPSA) is 26.0 Å². The van der Waals surface area contributed by atoms with Crippen LogP contribution >= 0.6 is 0 Å². The number of aryl methyl sites for hydroxylation is 1. The van der Waals surface area contributed by atoms with Crippen molar-refractivity contribution in [1.29, 1.82) is 0 Å². The van der Waals surface area contributed by atoms with Crippen molar-refractivity contribution in [2.24, 2.45) is 5.73 Å². The van der Waals surface area contributed by atoms with Gasteiger partial charge in [-0.3, -0.25) is 0 Å². The second-order valence-corrected chi connectivity index (χ2v) is 5.18. The molecule has 0 spiro atoms. The van der Waals surface area contributed by atoms with Gasteiger partial charge in [-0.15, -0.1) is 0 Å². The molecule has 0 aliphatic rings. The number of hydrogen-bond donors (Lipinski definition) is 1. The van der Waals surface area contributed by atoms with E-state index in [0.717, 1.165) is 16.3 Å². The van der Waals surface area contributed by atoms with E-state index in [1.165, 1.54) is 6.92 Å². The van der Waals surface area contributed by atoms with Crippen molar-refractivity contribution < 1.29 is 8.78 Å². The third-order valence-electron chi connectivity index (χ3n) is 3.77. The van der Waals surface area contributed by atoms with Crippen LogP contribution in [0.15, 0.2) is 54.6 Å². The Kier molecular flexibility index (Phi) is 3.43. The lowest BCUT2D eigenvalue weighted by Crippen LogP contribution is -2.14. The van der Waals surface area contributed by atoms with Gasteiger partial charge in [0, 0.05) is 5.56 Å². The maximum atomic E-state index is 14.1. The zero-order chi connectivity index (χ0) is 15.0. The summed E-state index contributed by atoms with van der Waals surface area (Å²) in [5.74, 6) is -1.70. The number of halogens is 2. The van der Waals surface area contributed by atoms with Crippen molar-refractivity contribution in [3.8, 4) is 0 Å². The average molecular weight is 283 g/mol. The summed E-state index contributed by atoms with van der Waals surface area (Å²) in [7, 11) is 0. The summed E-state index contributed by atoms with van der Waals surface area (Å²) in [6.07, 6.45) is 0. The van der Waals surface area contributed by atoms with Crippen molar-refractivity contribution in [3.05, 3.63) is 82.9 Å². The van der Waals surface area contributed by atoms with Crippen molar-refractivity contribution in [2.75, 3.05) is 0 Å². The zero-order valence-corrected chi connectivity index (χ0v) is 11.6. The lowest BCUT2D eigenvalue weighted by atomic mass is 9.95. The first-order chi connectivity index (χ1) is 10.1. The Morgan fingerprint density at radius 2 is 1.57 bits per heavy atom. The molecule has 0 aromatic heterocycles. The monoisotopic (exact) mass is 283 g/mol. The fourth-order valence-corrected chi connectivity index (χ4v) is 2.48. The molecule has 0 radical (unpaired) electrons. The van der Waals surface area contributed by atoms with E-state index in [1.807, 2.05) is 42.5 Å². The molecule has 1 atom stereocenters. The number of fused-ring (bicyclic) bond motifs is 1. The molecule has 0 amide bonds. The Morgan fingerprint density at radius 1 is 0.857 bits per heavy atom. The predicted octanol–water partition coefficient (Wildman–Crippen LogP) is 4.47. The molecular formula is C18H15F2N. The fraction of sp³-hybridized carbons (Fsp3) is 0.111. The molecule has 2 N–H and O–H groups in total. The van der Waals surface area contributed by atoms with Crippen molar-refractivity contribution in [1.82, 2.24) is 0 Å². The molecule has 1 unspecified atom stereocenters. The third kappa shape index (κ3) is 2.41. The molecule has 106 valence electrons. The molecular weight excluding hydrogens is 268 g/mol. The van der Waals surface area contributed by atoms with E-state index in [4.69, 9.17) is 5.73 Å². The molecule has 0 bridgehead atoms. The van der Waals surface area contributed by atoms with Gasteiger partial charge in [0.15, 0.2) is 11.6 Å². The van der Waals surface area contributed by atoms with Crippen molar-refractivity contribution in [2.45, 2.75) is 13.0 Å². The highest BCUT2D eigenvalue weighted by Crippen LogP contribution is 2.27. The summed E-state index contributed by atoms with van der Waals surface area (Å²) in [4.78, 5) is 0. The van der Waals surface area contributed by atoms with Gasteiger partial charge in [-0.2, -0.15) is 0 Å². The van der Waals surface area contributed by atoms with Crippen LogP contribution in [-0.4, -0.2) is 0 Å². The Labute approximate surface area is 122 Å². The van der Waals surface area contributed by atoms with Gasteiger partial charge in [-0.1, -0.05) is 48.5 Å². The highest BCUT2D eigenvalue weighted by atomic mass is 19.2. The zero-order valence-electron chi connectivity index (χ0n) is 11.6. The van der Waals surface area contributed by atoms with E-state index in [0.29, 0.717) is 0 Å². The van der Waals surface area contributed by atoms with Crippen molar-refractivity contribution in [3.63, 3.8) is 0 Å². The summed E-state index contributed by atoms with van der Waals surface area (Å²) in [5.41, 5.74) is 7.33. The lowest BCUT2D eigenvalue weighted by molar-refractivity contribution is 0.489. The van der Waals surface area contributed by atoms with Gasteiger partial charge in [-0.25, -0.2) is 8.78 Å². The Bertz CT molecular complexity index is 811. The molecule has 1 nitrogen and oxygen atoms in total. The lowest BCUT2D eigenvalue weighted by Gasteiger charge is -2.15. The van der Waals surface area contributed by atoms with Crippen LogP contribution in [0.2, 0.25) is 0 Å². The van der Waals surface area contributed by atoms with E-state index in [-0.39, 0.29) is 11.1 Å². The molecule has 0 fully saturated rings. The average Bonchev–Trinajstić information content (AvgIpc) is 2.52. The molecule has 3 aromatic carbocycles. The van der Waals surface area contributed by atoms with E-state index >= 15 is 0 Å². The first-order valence-corrected chi connectivity index (χ1v) is 6.76. The largest absolute Gasteiger partial charge is 0.320 e. The smallest absolute Gasteiger partial charge is 0.164 e. The molecule has 0 saturated carbocycles. The van der Waals surface area contributed by atoms with Gasteiger partial charge in [-0.05, 0) is 34.9 Å². The normalized spacial score (nSPS) is 12.6. The van der Waals surface area contributed by atoms with Crippen LogP contribution in [0.25, 0.3) is 10.8 Å². The maximum Gasteiger partial charge on any atom is 0.164 e. The highest BCUT2D eigenvalue weighted by Gasteiger charge is 2.18. The molecule has 0 aliphatic carbocycles. The Morgan fingerprint density at radius 3 is 2.33 bits per heavy atom. The van der Waals surface area contributed by atoms with Crippen LogP contribution in [0, 0.1) is 18.6 Å². The molecule has 3 aromatic rings. The Balaban J connectivity index is 2.08. The van der Waals surface area contributed by atoms with Gasteiger partial charge >= 0.3 is 0 Å². The first kappa shape index (κ1) is 13.7. The minimum atomic E-state index is -0.865. The first-order valence-electron chi connectivity index (χ1n) is 6.76. The molecule has 3 heteroatoms. The highest BCUT2D eigenvalue weighted by molar-refractivity contribution is 5.83. The van der Waals surface area contributed by atoms with Gasteiger partial charge in [0.1, 0.15) is 0 Å². The summed E-state index contributed by atoms with van der Waals surface area (Å²) in [6, 6.07) is 16.0. The number of nitrogens with two attached hydrogens (primary N) is 1. The quantitative estimate of drug-likeness (QED) is 0.737. The summed E-state index contributed by atoms with van der Waals surface area (Å²) < 4.78 is 27.7. The minimum absolute atomic E-state index is 0.174. The fourth-order valence-electron chi connectivity index (χ4n) is 2.48. The molecule has 3 rings (SSSR count). The summed E-state index contributed by atoms with van der Waals surface area (Å²) >= 11 is 0. The van der Waals surface area contributed by atoms with Gasteiger partial charge < -0.3 is 5.73 Å². The predicted molar refractivity (Wildman–Crippen MR) is 81.1 cm³/mol. The van der Waals surface area contributed by atoms with E-state index in [2.05, 4.69) is 0 Å². The van der Waals surface area contributed by atoms with Gasteiger partial charge in [0.25, 0.3) is 0 Å². The molecule has 0 saturated heterocycles. The number of rotatable bonds is 2. The standard InChI is InChI=1S/C18H15F2N/c1-11-6-9-15(17(20)16(11)19)18(21)14-8-7-12-4-2-3-5-13(12)10-14/h2-10,18H,21H2,1H3. The molecule has 21 heavy (non-hydrogen) atoms. The van der Waals surface area contributed by atoms with Crippen LogP contribution in [0.5, 0.6) is 0 Å². The van der Waals surface area contributed by atoms with E-state index < -0.39 is 17.7 Å². The van der Waals surface area contributed by atoms with Crippen LogP contribution in [-0.2, 0) is 0 Å². The number of benzene rings is 3. The molecule has 0 heterocycles. The van der Waals surface area contributed by atoms with Gasteiger partial charge in [0.2, 0.25) is 0 Å². The van der Waals surface area contributed by atoms with Crippen LogP contribution < -0.4 is 5.73 Å². The van der Waals surface area contributed by atoms with Crippen molar-refractivity contribution >= 4 is 10.8 Å². The van der Waals surface area contributed by atoms with E-state index in [1.54, 1.807) is 12.1 Å². The second-order valence-electron chi connectivity index (χ2n) is 5.18. The number of hydrogen-bond acceptors (Lipinski definition) is 1. The summed E-state index contributed by atoms with van der Waals surface area (Å²) in [6.45, 7) is 1.53. The van der Waals surface area contributed by atoms with Crippen LogP contribution in [0.4, 0.5) is 8.78 Å². The maximum absolute atomic E-state index is 14.1. The van der Waals surface area contributed by atoms with E-state index in [9.17, 15) is 8.78 Å².